The summed E-state index contributed by atoms with van der Waals surface area (Å²) in [5.74, 6) is -1.33. The van der Waals surface area contributed by atoms with Crippen LogP contribution in [0, 0.1) is 0 Å². The van der Waals surface area contributed by atoms with E-state index in [1.54, 1.807) is 0 Å². The first kappa shape index (κ1) is 9.11. The smallest absolute Gasteiger partial charge is 0.524 e. The molecule has 0 atom stereocenters. The average Bonchev–Trinajstić information content (AvgIpc) is 0.811. The molecule has 2 nitrogen and oxygen atoms in total. The van der Waals surface area contributed by atoms with E-state index in [2.05, 4.69) is 7.85 Å². The van der Waals surface area contributed by atoms with Crippen LogP contribution in [0.2, 0.25) is 0 Å². The molecule has 0 saturated heterocycles. The summed E-state index contributed by atoms with van der Waals surface area (Å²) in [5, 5.41) is 7.19. The minimum absolute atomic E-state index is 0. The van der Waals surface area contributed by atoms with Crippen LogP contribution in [0.1, 0.15) is 0 Å². The Morgan fingerprint density at radius 3 is 1.80 bits per heavy atom. The van der Waals surface area contributed by atoms with Gasteiger partial charge in [-0.1, -0.05) is 0 Å². The van der Waals surface area contributed by atoms with Crippen molar-refractivity contribution in [1.29, 1.82) is 0 Å². The first-order valence-corrected chi connectivity index (χ1v) is 0.716. The fourth-order valence-corrected chi connectivity index (χ4v) is 0. The van der Waals surface area contributed by atoms with Crippen LogP contribution in [0.3, 0.4) is 0 Å². The van der Waals surface area contributed by atoms with Gasteiger partial charge in [0.05, 0.1) is 0 Å². The molecule has 0 aromatic carbocycles. The minimum atomic E-state index is -1.33. The van der Waals surface area contributed by atoms with E-state index in [0.717, 1.165) is 0 Å². The predicted octanol–water partition coefficient (Wildman–Crippen LogP) is -3.16. The van der Waals surface area contributed by atoms with Gasteiger partial charge in [0.25, 0.3) is 0 Å². The second-order valence-corrected chi connectivity index (χ2v) is 0.338. The topological polar surface area (TPSA) is 37.3 Å². The Balaban J connectivity index is 0. The molecule has 5 heavy (non-hydrogen) atoms. The molecule has 3 radical (unpaired) electrons. The van der Waals surface area contributed by atoms with Gasteiger partial charge in [-0.25, -0.2) is 0 Å². The summed E-state index contributed by atoms with van der Waals surface area (Å²) >= 11 is 0. The van der Waals surface area contributed by atoms with Gasteiger partial charge in [0.2, 0.25) is 0 Å². The van der Waals surface area contributed by atoms with Gasteiger partial charge >= 0.3 is 29.6 Å². The zero-order chi connectivity index (χ0) is 3.58. The van der Waals surface area contributed by atoms with Crippen LogP contribution >= 0.6 is 0 Å². The number of carbonyl (C=O) groups is 1. The number of rotatable bonds is 0. The normalized spacial score (nSPS) is 5.00. The van der Waals surface area contributed by atoms with Crippen LogP contribution in [-0.2, 0) is 0 Å². The van der Waals surface area contributed by atoms with Crippen molar-refractivity contribution in [1.82, 2.24) is 0 Å². The van der Waals surface area contributed by atoms with Gasteiger partial charge in [0, 0.05) is 5.87 Å². The summed E-state index contributed by atoms with van der Waals surface area (Å²) in [6.07, 6.45) is 0. The standard InChI is InChI=1S/CHBO2.Na/c2-1(3)4;/h(H,3,4);/q-1;+1. The molecule has 0 saturated carbocycles. The molecule has 4 heteroatoms. The monoisotopic (exact) mass is 79.0 g/mol. The van der Waals surface area contributed by atoms with Crippen LogP contribution in [0.15, 0.2) is 0 Å². The van der Waals surface area contributed by atoms with Gasteiger partial charge < -0.3 is 17.7 Å². The second-order valence-electron chi connectivity index (χ2n) is 0.338. The predicted molar refractivity (Wildman–Crippen MR) is 13.8 cm³/mol. The van der Waals surface area contributed by atoms with Crippen molar-refractivity contribution in [3.05, 3.63) is 0 Å². The zero-order valence-corrected chi connectivity index (χ0v) is 4.93. The molecule has 21 valence electrons. The van der Waals surface area contributed by atoms with E-state index in [1.807, 2.05) is 0 Å². The summed E-state index contributed by atoms with van der Waals surface area (Å²) in [7, 11) is 4.03. The van der Waals surface area contributed by atoms with Crippen LogP contribution in [0.25, 0.3) is 0 Å². The molecule has 0 spiro atoms. The molecule has 0 aliphatic rings. The van der Waals surface area contributed by atoms with Crippen molar-refractivity contribution in [2.45, 2.75) is 0 Å². The van der Waals surface area contributed by atoms with Crippen LogP contribution in [-0.4, -0.2) is 18.8 Å². The largest absolute Gasteiger partial charge is 1.00 e. The molecular weight excluding hydrogens is 77.8 g/mol. The maximum Gasteiger partial charge on any atom is 1.00 e. The summed E-state index contributed by atoms with van der Waals surface area (Å²) in [6.45, 7) is 0. The third-order valence-electron chi connectivity index (χ3n) is 0. The second kappa shape index (κ2) is 4.53. The van der Waals surface area contributed by atoms with E-state index < -0.39 is 5.87 Å². The summed E-state index contributed by atoms with van der Waals surface area (Å²) in [5.41, 5.74) is 0. The Kier molecular flexibility index (Phi) is 8.26. The molecule has 0 amide bonds. The number of hydrogen-bond acceptors (Lipinski definition) is 1. The molecule has 0 rings (SSSR count). The Hall–Kier alpha value is 0.535. The quantitative estimate of drug-likeness (QED) is 0.311. The van der Waals surface area contributed by atoms with Crippen molar-refractivity contribution in [2.75, 3.05) is 0 Å². The Morgan fingerprint density at radius 2 is 1.80 bits per heavy atom. The molecule has 0 aromatic heterocycles. The fraction of sp³-hybridized carbons (Fsp3) is 0. The van der Waals surface area contributed by atoms with E-state index in [-0.39, 0.29) is 29.6 Å². The SMILES string of the molecule is [B-]C(=O)O.[Na+]. The molecule has 0 aromatic rings. The summed E-state index contributed by atoms with van der Waals surface area (Å²) < 4.78 is 0. The van der Waals surface area contributed by atoms with E-state index in [9.17, 15) is 0 Å². The molecule has 0 aliphatic carbocycles. The van der Waals surface area contributed by atoms with Crippen LogP contribution in [0.4, 0.5) is 4.79 Å². The van der Waals surface area contributed by atoms with Gasteiger partial charge in [-0.15, -0.1) is 0 Å². The van der Waals surface area contributed by atoms with Gasteiger partial charge in [0.1, 0.15) is 0 Å². The zero-order valence-electron chi connectivity index (χ0n) is 2.93. The summed E-state index contributed by atoms with van der Waals surface area (Å²) in [6, 6.07) is 0. The third-order valence-corrected chi connectivity index (χ3v) is 0. The fourth-order valence-electron chi connectivity index (χ4n) is 0. The summed E-state index contributed by atoms with van der Waals surface area (Å²) in [4.78, 5) is 8.78. The van der Waals surface area contributed by atoms with Gasteiger partial charge in [-0.05, 0) is 0 Å². The Labute approximate surface area is 53.3 Å². The molecule has 0 heterocycles. The Morgan fingerprint density at radius 1 is 1.80 bits per heavy atom. The van der Waals surface area contributed by atoms with Crippen LogP contribution < -0.4 is 29.6 Å². The molecule has 0 fully saturated rings. The van der Waals surface area contributed by atoms with Crippen molar-refractivity contribution >= 4 is 13.7 Å². The van der Waals surface area contributed by atoms with Crippen molar-refractivity contribution < 1.29 is 39.5 Å². The maximum absolute atomic E-state index is 8.78. The number of carboxylic acid groups (broad SMARTS) is 1. The third kappa shape index (κ3) is 102. The number of hydrogen-bond donors (Lipinski definition) is 1. The first-order valence-electron chi connectivity index (χ1n) is 0.716. The van der Waals surface area contributed by atoms with Gasteiger partial charge in [-0.2, -0.15) is 0 Å². The van der Waals surface area contributed by atoms with E-state index in [0.29, 0.717) is 0 Å². The molecule has 0 bridgehead atoms. The van der Waals surface area contributed by atoms with E-state index in [1.165, 1.54) is 0 Å². The Bertz CT molecular complexity index is 32.6. The van der Waals surface area contributed by atoms with E-state index >= 15 is 0 Å². The minimum Gasteiger partial charge on any atom is -0.524 e. The average molecular weight is 78.8 g/mol. The van der Waals surface area contributed by atoms with Gasteiger partial charge in [0.15, 0.2) is 0 Å². The maximum atomic E-state index is 8.78. The van der Waals surface area contributed by atoms with Gasteiger partial charge in [-0.3, -0.25) is 0 Å². The van der Waals surface area contributed by atoms with Crippen molar-refractivity contribution in [3.63, 3.8) is 0 Å². The van der Waals surface area contributed by atoms with E-state index in [4.69, 9.17) is 9.90 Å². The van der Waals surface area contributed by atoms with Crippen LogP contribution in [0.5, 0.6) is 0 Å². The molecule has 1 N–H and O–H groups in total. The first-order chi connectivity index (χ1) is 1.73. The van der Waals surface area contributed by atoms with Crippen molar-refractivity contribution in [2.24, 2.45) is 0 Å². The molecule has 0 unspecified atom stereocenters. The van der Waals surface area contributed by atoms with Crippen molar-refractivity contribution in [3.8, 4) is 0 Å². The molecule has 0 aliphatic heterocycles. The molecular formula is CHBNaO2.